The van der Waals surface area contributed by atoms with Crippen LogP contribution in [0.3, 0.4) is 0 Å². The van der Waals surface area contributed by atoms with E-state index in [0.717, 1.165) is 15.8 Å². The second kappa shape index (κ2) is 6.50. The maximum atomic E-state index is 6.18. The van der Waals surface area contributed by atoms with Crippen LogP contribution in [0.2, 0.25) is 5.02 Å². The number of benzene rings is 2. The summed E-state index contributed by atoms with van der Waals surface area (Å²) in [5.74, 6) is 0.803. The lowest BCUT2D eigenvalue weighted by atomic mass is 9.97. The standard InChI is InChI=1S/C16H15Br2ClO/c1-9-5-4-6-12(10(9)2)15(18)13-7-11(19)8-14(17)16(13)20-3/h4-8,15H,1-3H3. The second-order valence-corrected chi connectivity index (χ2v) is 6.87. The predicted molar refractivity (Wildman–Crippen MR) is 92.4 cm³/mol. The molecule has 0 heterocycles. The first-order chi connectivity index (χ1) is 9.45. The van der Waals surface area contributed by atoms with Gasteiger partial charge in [-0.2, -0.15) is 0 Å². The van der Waals surface area contributed by atoms with E-state index in [1.165, 1.54) is 16.7 Å². The number of hydrogen-bond donors (Lipinski definition) is 0. The van der Waals surface area contributed by atoms with Gasteiger partial charge in [-0.3, -0.25) is 0 Å². The molecule has 2 rings (SSSR count). The predicted octanol–water partition coefficient (Wildman–Crippen LogP) is 6.21. The van der Waals surface area contributed by atoms with Crippen LogP contribution in [0.15, 0.2) is 34.8 Å². The van der Waals surface area contributed by atoms with Gasteiger partial charge in [-0.05, 0) is 58.6 Å². The fourth-order valence-electron chi connectivity index (χ4n) is 2.20. The molecule has 0 aliphatic carbocycles. The molecule has 4 heteroatoms. The van der Waals surface area contributed by atoms with Crippen LogP contribution < -0.4 is 4.74 Å². The van der Waals surface area contributed by atoms with Crippen LogP contribution in [0, 0.1) is 13.8 Å². The quantitative estimate of drug-likeness (QED) is 0.538. The zero-order valence-corrected chi connectivity index (χ0v) is 15.4. The molecule has 0 aromatic heterocycles. The summed E-state index contributed by atoms with van der Waals surface area (Å²) in [5.41, 5.74) is 4.78. The molecule has 2 aromatic carbocycles. The molecule has 0 fully saturated rings. The lowest BCUT2D eigenvalue weighted by molar-refractivity contribution is 0.408. The molecule has 1 unspecified atom stereocenters. The number of aryl methyl sites for hydroxylation is 1. The third kappa shape index (κ3) is 3.05. The first-order valence-electron chi connectivity index (χ1n) is 6.18. The summed E-state index contributed by atoms with van der Waals surface area (Å²) < 4.78 is 6.37. The Kier molecular flexibility index (Phi) is 5.16. The number of hydrogen-bond acceptors (Lipinski definition) is 1. The van der Waals surface area contributed by atoms with E-state index < -0.39 is 0 Å². The Morgan fingerprint density at radius 3 is 2.50 bits per heavy atom. The van der Waals surface area contributed by atoms with Crippen molar-refractivity contribution in [2.24, 2.45) is 0 Å². The largest absolute Gasteiger partial charge is 0.495 e. The van der Waals surface area contributed by atoms with E-state index in [0.29, 0.717) is 5.02 Å². The summed E-state index contributed by atoms with van der Waals surface area (Å²) in [4.78, 5) is 0.0346. The molecule has 0 saturated heterocycles. The Labute approximate surface area is 141 Å². The molecule has 1 atom stereocenters. The van der Waals surface area contributed by atoms with Crippen LogP contribution in [0.5, 0.6) is 5.75 Å². The van der Waals surface area contributed by atoms with Gasteiger partial charge in [0.1, 0.15) is 5.75 Å². The average Bonchev–Trinajstić information content (AvgIpc) is 2.40. The summed E-state index contributed by atoms with van der Waals surface area (Å²) in [6.45, 7) is 4.24. The van der Waals surface area contributed by atoms with Crippen LogP contribution in [0.25, 0.3) is 0 Å². The van der Waals surface area contributed by atoms with Gasteiger partial charge in [0, 0.05) is 10.6 Å². The molecule has 0 saturated carbocycles. The van der Waals surface area contributed by atoms with E-state index in [1.807, 2.05) is 12.1 Å². The van der Waals surface area contributed by atoms with E-state index in [-0.39, 0.29) is 4.83 Å². The Bertz CT molecular complexity index is 641. The zero-order valence-electron chi connectivity index (χ0n) is 11.5. The molecule has 1 nitrogen and oxygen atoms in total. The normalized spacial score (nSPS) is 12.3. The third-order valence-electron chi connectivity index (χ3n) is 3.43. The number of ether oxygens (including phenoxy) is 1. The molecule has 0 radical (unpaired) electrons. The van der Waals surface area contributed by atoms with Crippen molar-refractivity contribution in [3.05, 3.63) is 62.1 Å². The first kappa shape index (κ1) is 15.9. The molecule has 0 amide bonds. The summed E-state index contributed by atoms with van der Waals surface area (Å²) in [6, 6.07) is 10.1. The topological polar surface area (TPSA) is 9.23 Å². The van der Waals surface area contributed by atoms with Crippen molar-refractivity contribution in [1.29, 1.82) is 0 Å². The Morgan fingerprint density at radius 1 is 1.15 bits per heavy atom. The summed E-state index contributed by atoms with van der Waals surface area (Å²) in [7, 11) is 1.67. The maximum Gasteiger partial charge on any atom is 0.137 e. The third-order valence-corrected chi connectivity index (χ3v) is 5.23. The van der Waals surface area contributed by atoms with Crippen LogP contribution >= 0.6 is 43.5 Å². The zero-order chi connectivity index (χ0) is 14.9. The van der Waals surface area contributed by atoms with E-state index in [4.69, 9.17) is 16.3 Å². The number of methoxy groups -OCH3 is 1. The highest BCUT2D eigenvalue weighted by atomic mass is 79.9. The Morgan fingerprint density at radius 2 is 1.85 bits per heavy atom. The van der Waals surface area contributed by atoms with Crippen LogP contribution in [0.4, 0.5) is 0 Å². The van der Waals surface area contributed by atoms with Crippen LogP contribution in [-0.4, -0.2) is 7.11 Å². The monoisotopic (exact) mass is 416 g/mol. The number of halogens is 3. The number of rotatable bonds is 3. The molecule has 0 aliphatic rings. The van der Waals surface area contributed by atoms with Crippen molar-refractivity contribution in [2.75, 3.05) is 7.11 Å². The molecule has 0 aliphatic heterocycles. The molecule has 20 heavy (non-hydrogen) atoms. The fraction of sp³-hybridized carbons (Fsp3) is 0.250. The van der Waals surface area contributed by atoms with Gasteiger partial charge >= 0.3 is 0 Å². The molecule has 106 valence electrons. The molecular formula is C16H15Br2ClO. The summed E-state index contributed by atoms with van der Waals surface area (Å²) in [6.07, 6.45) is 0. The van der Waals surface area contributed by atoms with Crippen molar-refractivity contribution in [3.63, 3.8) is 0 Å². The highest BCUT2D eigenvalue weighted by Crippen LogP contribution is 2.43. The SMILES string of the molecule is COc1c(Br)cc(Cl)cc1C(Br)c1cccc(C)c1C. The van der Waals surface area contributed by atoms with Crippen molar-refractivity contribution in [2.45, 2.75) is 18.7 Å². The van der Waals surface area contributed by atoms with Crippen LogP contribution in [-0.2, 0) is 0 Å². The minimum Gasteiger partial charge on any atom is -0.495 e. The van der Waals surface area contributed by atoms with Crippen molar-refractivity contribution in [1.82, 2.24) is 0 Å². The van der Waals surface area contributed by atoms with Crippen molar-refractivity contribution < 1.29 is 4.74 Å². The van der Waals surface area contributed by atoms with E-state index in [1.54, 1.807) is 7.11 Å². The smallest absolute Gasteiger partial charge is 0.137 e. The van der Waals surface area contributed by atoms with Crippen LogP contribution in [0.1, 0.15) is 27.1 Å². The molecular weight excluding hydrogens is 403 g/mol. The Hall–Kier alpha value is -0.510. The summed E-state index contributed by atoms with van der Waals surface area (Å²) >= 11 is 13.5. The van der Waals surface area contributed by atoms with Gasteiger partial charge in [-0.25, -0.2) is 0 Å². The molecule has 0 bridgehead atoms. The van der Waals surface area contributed by atoms with Gasteiger partial charge < -0.3 is 4.74 Å². The number of alkyl halides is 1. The van der Waals surface area contributed by atoms with Crippen molar-refractivity contribution >= 4 is 43.5 Å². The van der Waals surface area contributed by atoms with Gasteiger partial charge in [0.2, 0.25) is 0 Å². The highest BCUT2D eigenvalue weighted by molar-refractivity contribution is 9.10. The average molecular weight is 419 g/mol. The minimum atomic E-state index is 0.0346. The lowest BCUT2D eigenvalue weighted by Crippen LogP contribution is -2.01. The highest BCUT2D eigenvalue weighted by Gasteiger charge is 2.20. The van der Waals surface area contributed by atoms with Gasteiger partial charge in [-0.15, -0.1) is 0 Å². The van der Waals surface area contributed by atoms with E-state index >= 15 is 0 Å². The first-order valence-corrected chi connectivity index (χ1v) is 8.27. The van der Waals surface area contributed by atoms with Gasteiger partial charge in [0.15, 0.2) is 0 Å². The minimum absolute atomic E-state index is 0.0346. The molecule has 2 aromatic rings. The fourth-order valence-corrected chi connectivity index (χ4v) is 4.03. The van der Waals surface area contributed by atoms with Gasteiger partial charge in [-0.1, -0.05) is 45.7 Å². The maximum absolute atomic E-state index is 6.18. The van der Waals surface area contributed by atoms with Gasteiger partial charge in [0.25, 0.3) is 0 Å². The van der Waals surface area contributed by atoms with Gasteiger partial charge in [0.05, 0.1) is 16.4 Å². The van der Waals surface area contributed by atoms with E-state index in [9.17, 15) is 0 Å². The Balaban J connectivity index is 2.58. The second-order valence-electron chi connectivity index (χ2n) is 4.66. The van der Waals surface area contributed by atoms with E-state index in [2.05, 4.69) is 63.9 Å². The summed E-state index contributed by atoms with van der Waals surface area (Å²) in [5, 5.41) is 0.683. The lowest BCUT2D eigenvalue weighted by Gasteiger charge is -2.19. The molecule has 0 N–H and O–H groups in total. The molecule has 0 spiro atoms. The van der Waals surface area contributed by atoms with Crippen molar-refractivity contribution in [3.8, 4) is 5.75 Å².